The summed E-state index contributed by atoms with van der Waals surface area (Å²) in [4.78, 5) is 13.0. The molecule has 2 heterocycles. The van der Waals surface area contributed by atoms with E-state index in [0.29, 0.717) is 11.9 Å². The summed E-state index contributed by atoms with van der Waals surface area (Å²) in [7, 11) is 0. The van der Waals surface area contributed by atoms with Gasteiger partial charge in [-0.1, -0.05) is 12.1 Å². The van der Waals surface area contributed by atoms with Crippen molar-refractivity contribution in [2.75, 3.05) is 11.1 Å². The Morgan fingerprint density at radius 1 is 1.09 bits per heavy atom. The zero-order valence-electron chi connectivity index (χ0n) is 12.8. The minimum Gasteiger partial charge on any atom is -0.490 e. The third-order valence-corrected chi connectivity index (χ3v) is 6.78. The number of benzene rings is 1. The number of anilines is 1. The summed E-state index contributed by atoms with van der Waals surface area (Å²) in [6.45, 7) is 0. The smallest absolute Gasteiger partial charge is 0.234 e. The van der Waals surface area contributed by atoms with Gasteiger partial charge in [-0.2, -0.15) is 0 Å². The summed E-state index contributed by atoms with van der Waals surface area (Å²) in [5.41, 5.74) is 2.19. The number of carbonyl (C=O) groups is 1. The van der Waals surface area contributed by atoms with Crippen LogP contribution in [-0.2, 0) is 4.79 Å². The molecule has 0 bridgehead atoms. The van der Waals surface area contributed by atoms with Crippen LogP contribution in [0.5, 0.6) is 5.75 Å². The molecule has 0 saturated heterocycles. The van der Waals surface area contributed by atoms with E-state index in [-0.39, 0.29) is 11.2 Å². The van der Waals surface area contributed by atoms with Gasteiger partial charge in [0.2, 0.25) is 5.91 Å². The number of nitrogens with one attached hydrogen (secondary N) is 1. The second-order valence-corrected chi connectivity index (χ2v) is 8.07. The molecule has 1 N–H and O–H groups in total. The van der Waals surface area contributed by atoms with Crippen LogP contribution < -0.4 is 10.1 Å². The van der Waals surface area contributed by atoms with Crippen LogP contribution in [0, 0.1) is 0 Å². The van der Waals surface area contributed by atoms with Crippen molar-refractivity contribution < 1.29 is 9.53 Å². The van der Waals surface area contributed by atoms with Crippen LogP contribution in [0.25, 0.3) is 0 Å². The number of carbonyl (C=O) groups excluding carboxylic acids is 1. The average molecular weight is 345 g/mol. The molecular weight excluding hydrogens is 326 g/mol. The van der Waals surface area contributed by atoms with Gasteiger partial charge in [-0.15, -0.1) is 23.1 Å². The maximum atomic E-state index is 11.8. The maximum absolute atomic E-state index is 11.8. The summed E-state index contributed by atoms with van der Waals surface area (Å²) in [5.74, 6) is 1.53. The molecule has 0 unspecified atom stereocenters. The van der Waals surface area contributed by atoms with E-state index < -0.39 is 0 Å². The molecule has 4 rings (SSSR count). The number of amides is 1. The van der Waals surface area contributed by atoms with E-state index in [9.17, 15) is 4.79 Å². The van der Waals surface area contributed by atoms with Crippen molar-refractivity contribution in [2.24, 2.45) is 0 Å². The summed E-state index contributed by atoms with van der Waals surface area (Å²) in [5, 5.41) is 5.24. The molecule has 2 aromatic rings. The van der Waals surface area contributed by atoms with Crippen LogP contribution >= 0.6 is 23.1 Å². The molecule has 3 nitrogen and oxygen atoms in total. The molecule has 1 aromatic carbocycles. The van der Waals surface area contributed by atoms with Crippen molar-refractivity contribution in [3.05, 3.63) is 46.2 Å². The Morgan fingerprint density at radius 3 is 2.65 bits per heavy atom. The van der Waals surface area contributed by atoms with E-state index in [2.05, 4.69) is 29.6 Å². The van der Waals surface area contributed by atoms with Gasteiger partial charge in [0, 0.05) is 4.88 Å². The molecule has 1 fully saturated rings. The van der Waals surface area contributed by atoms with E-state index in [1.54, 1.807) is 23.1 Å². The fourth-order valence-electron chi connectivity index (χ4n) is 3.22. The van der Waals surface area contributed by atoms with Crippen LogP contribution in [-0.4, -0.2) is 17.8 Å². The highest BCUT2D eigenvalue weighted by Crippen LogP contribution is 2.44. The SMILES string of the molecule is O=C1CS[C@@H](c2ccc(OC3CCCC3)cc2)c2sccc2N1. The van der Waals surface area contributed by atoms with Crippen molar-refractivity contribution in [1.82, 2.24) is 0 Å². The van der Waals surface area contributed by atoms with Gasteiger partial charge in [-0.05, 0) is 54.8 Å². The highest BCUT2D eigenvalue weighted by Gasteiger charge is 2.25. The molecule has 1 amide bonds. The van der Waals surface area contributed by atoms with Crippen molar-refractivity contribution in [3.8, 4) is 5.75 Å². The van der Waals surface area contributed by atoms with Crippen LogP contribution in [0.3, 0.4) is 0 Å². The summed E-state index contributed by atoms with van der Waals surface area (Å²) < 4.78 is 6.04. The van der Waals surface area contributed by atoms with E-state index in [0.717, 1.165) is 11.4 Å². The number of fused-ring (bicyclic) bond motifs is 1. The first kappa shape index (κ1) is 15.1. The quantitative estimate of drug-likeness (QED) is 0.865. The minimum atomic E-state index is 0.0818. The van der Waals surface area contributed by atoms with Gasteiger partial charge in [0.1, 0.15) is 5.75 Å². The topological polar surface area (TPSA) is 38.3 Å². The lowest BCUT2D eigenvalue weighted by Crippen LogP contribution is -2.11. The highest BCUT2D eigenvalue weighted by atomic mass is 32.2. The Hall–Kier alpha value is -1.46. The largest absolute Gasteiger partial charge is 0.490 e. The van der Waals surface area contributed by atoms with Crippen molar-refractivity contribution in [3.63, 3.8) is 0 Å². The first-order valence-corrected chi connectivity index (χ1v) is 9.98. The van der Waals surface area contributed by atoms with Crippen molar-refractivity contribution in [1.29, 1.82) is 0 Å². The highest BCUT2D eigenvalue weighted by molar-refractivity contribution is 8.00. The van der Waals surface area contributed by atoms with Gasteiger partial charge >= 0.3 is 0 Å². The Balaban J connectivity index is 1.55. The number of thiophene rings is 1. The maximum Gasteiger partial charge on any atom is 0.234 e. The molecule has 5 heteroatoms. The molecule has 1 aromatic heterocycles. The Kier molecular flexibility index (Phi) is 4.31. The van der Waals surface area contributed by atoms with Gasteiger partial charge in [0.05, 0.1) is 22.8 Å². The summed E-state index contributed by atoms with van der Waals surface area (Å²) >= 11 is 3.40. The lowest BCUT2D eigenvalue weighted by atomic mass is 10.1. The number of rotatable bonds is 3. The van der Waals surface area contributed by atoms with E-state index in [4.69, 9.17) is 4.74 Å². The zero-order valence-corrected chi connectivity index (χ0v) is 14.4. The summed E-state index contributed by atoms with van der Waals surface area (Å²) in [6, 6.07) is 10.4. The third-order valence-electron chi connectivity index (χ3n) is 4.38. The third kappa shape index (κ3) is 3.26. The fourth-order valence-corrected chi connectivity index (χ4v) is 5.46. The Morgan fingerprint density at radius 2 is 1.87 bits per heavy atom. The van der Waals surface area contributed by atoms with E-state index in [1.165, 1.54) is 36.1 Å². The van der Waals surface area contributed by atoms with Crippen LogP contribution in [0.15, 0.2) is 35.7 Å². The molecule has 23 heavy (non-hydrogen) atoms. The van der Waals surface area contributed by atoms with Crippen LogP contribution in [0.4, 0.5) is 5.69 Å². The van der Waals surface area contributed by atoms with E-state index >= 15 is 0 Å². The standard InChI is InChI=1S/C18H19NO2S2/c20-16-11-23-17(18-15(19-16)9-10-22-18)12-5-7-14(8-6-12)21-13-3-1-2-4-13/h5-10,13,17H,1-4,11H2,(H,19,20)/t17-/m0/s1. The number of hydrogen-bond donors (Lipinski definition) is 1. The Labute approximate surface area is 144 Å². The predicted molar refractivity (Wildman–Crippen MR) is 96.6 cm³/mol. The average Bonchev–Trinajstić information content (AvgIpc) is 3.19. The second kappa shape index (κ2) is 6.57. The molecule has 1 aliphatic carbocycles. The monoisotopic (exact) mass is 345 g/mol. The van der Waals surface area contributed by atoms with E-state index in [1.807, 2.05) is 11.4 Å². The molecule has 0 radical (unpaired) electrons. The number of thioether (sulfide) groups is 1. The van der Waals surface area contributed by atoms with Gasteiger partial charge in [0.25, 0.3) is 0 Å². The molecule has 1 saturated carbocycles. The summed E-state index contributed by atoms with van der Waals surface area (Å²) in [6.07, 6.45) is 5.30. The Bertz CT molecular complexity index is 689. The first-order valence-electron chi connectivity index (χ1n) is 8.05. The molecule has 1 atom stereocenters. The minimum absolute atomic E-state index is 0.0818. The lowest BCUT2D eigenvalue weighted by molar-refractivity contribution is -0.113. The molecule has 0 spiro atoms. The van der Waals surface area contributed by atoms with Crippen LogP contribution in [0.2, 0.25) is 0 Å². The van der Waals surface area contributed by atoms with Gasteiger partial charge in [-0.25, -0.2) is 0 Å². The second-order valence-electron chi connectivity index (χ2n) is 6.03. The van der Waals surface area contributed by atoms with Gasteiger partial charge < -0.3 is 10.1 Å². The normalized spacial score (nSPS) is 21.6. The molecular formula is C18H19NO2S2. The van der Waals surface area contributed by atoms with Crippen LogP contribution in [0.1, 0.15) is 41.4 Å². The molecule has 1 aliphatic heterocycles. The fraction of sp³-hybridized carbons (Fsp3) is 0.389. The molecule has 120 valence electrons. The van der Waals surface area contributed by atoms with Crippen molar-refractivity contribution >= 4 is 34.7 Å². The van der Waals surface area contributed by atoms with Gasteiger partial charge in [-0.3, -0.25) is 4.79 Å². The predicted octanol–water partition coefficient (Wildman–Crippen LogP) is 4.84. The lowest BCUT2D eigenvalue weighted by Gasteiger charge is -2.16. The first-order chi connectivity index (χ1) is 11.3. The number of ether oxygens (including phenoxy) is 1. The number of hydrogen-bond acceptors (Lipinski definition) is 4. The van der Waals surface area contributed by atoms with Gasteiger partial charge in [0.15, 0.2) is 0 Å². The van der Waals surface area contributed by atoms with Crippen molar-refractivity contribution in [2.45, 2.75) is 37.0 Å². The zero-order chi connectivity index (χ0) is 15.6. The molecule has 2 aliphatic rings.